The predicted molar refractivity (Wildman–Crippen MR) is 146 cm³/mol. The Kier molecular flexibility index (Phi) is 8.70. The molecular formula is C25H24ClFN4O4S2. The number of ether oxygens (including phenoxy) is 1. The Balaban J connectivity index is 1.49. The topological polar surface area (TPSA) is 105 Å². The third kappa shape index (κ3) is 6.07. The number of anilines is 2. The molecule has 0 spiro atoms. The third-order valence-corrected chi connectivity index (χ3v) is 8.00. The van der Waals surface area contributed by atoms with E-state index in [1.807, 2.05) is 31.2 Å². The predicted octanol–water partition coefficient (Wildman–Crippen LogP) is 6.02. The molecule has 0 aliphatic carbocycles. The lowest BCUT2D eigenvalue weighted by atomic mass is 10.1. The van der Waals surface area contributed by atoms with Gasteiger partial charge < -0.3 is 10.1 Å². The number of aryl methyl sites for hydroxylation is 2. The highest BCUT2D eigenvalue weighted by atomic mass is 35.5. The van der Waals surface area contributed by atoms with Crippen LogP contribution in [0.3, 0.4) is 0 Å². The first-order chi connectivity index (χ1) is 17.8. The average molecular weight is 563 g/mol. The lowest BCUT2D eigenvalue weighted by molar-refractivity contribution is 0.102. The Labute approximate surface area is 224 Å². The third-order valence-electron chi connectivity index (χ3n) is 5.78. The summed E-state index contributed by atoms with van der Waals surface area (Å²) < 4.78 is 43.9. The van der Waals surface area contributed by atoms with Crippen molar-refractivity contribution in [1.82, 2.24) is 9.97 Å². The summed E-state index contributed by atoms with van der Waals surface area (Å²) in [4.78, 5) is 21.3. The molecule has 0 saturated heterocycles. The maximum atomic E-state index is 14.7. The number of amides is 1. The highest BCUT2D eigenvalue weighted by Gasteiger charge is 2.23. The molecule has 194 valence electrons. The van der Waals surface area contributed by atoms with E-state index in [1.54, 1.807) is 12.5 Å². The summed E-state index contributed by atoms with van der Waals surface area (Å²) in [6.07, 6.45) is 3.45. The monoisotopic (exact) mass is 562 g/mol. The van der Waals surface area contributed by atoms with Crippen LogP contribution in [0.4, 0.5) is 15.8 Å². The molecule has 0 aliphatic rings. The second-order valence-electron chi connectivity index (χ2n) is 8.13. The molecule has 1 atom stereocenters. The zero-order valence-electron chi connectivity index (χ0n) is 20.0. The number of benzene rings is 2. The fraction of sp³-hybridized carbons (Fsp3) is 0.240. The van der Waals surface area contributed by atoms with Crippen molar-refractivity contribution in [1.29, 1.82) is 0 Å². The zero-order valence-corrected chi connectivity index (χ0v) is 22.4. The van der Waals surface area contributed by atoms with Gasteiger partial charge in [-0.1, -0.05) is 23.7 Å². The van der Waals surface area contributed by atoms with Crippen molar-refractivity contribution < 1.29 is 22.7 Å². The Bertz CT molecular complexity index is 1450. The smallest absolute Gasteiger partial charge is 0.261 e. The number of nitrogens with one attached hydrogen (secondary N) is 1. The second-order valence-corrected chi connectivity index (χ2v) is 10.3. The van der Waals surface area contributed by atoms with E-state index in [0.717, 1.165) is 40.6 Å². The van der Waals surface area contributed by atoms with Gasteiger partial charge in [-0.15, -0.1) is 11.3 Å². The van der Waals surface area contributed by atoms with E-state index >= 15 is 0 Å². The first-order valence-corrected chi connectivity index (χ1v) is 13.6. The number of rotatable bonds is 10. The molecule has 12 heteroatoms. The molecule has 0 radical (unpaired) electrons. The van der Waals surface area contributed by atoms with Crippen LogP contribution in [0.1, 0.15) is 34.5 Å². The van der Waals surface area contributed by atoms with Crippen LogP contribution in [0.2, 0.25) is 5.02 Å². The van der Waals surface area contributed by atoms with E-state index in [4.69, 9.17) is 16.3 Å². The Morgan fingerprint density at radius 2 is 1.97 bits per heavy atom. The number of aromatic nitrogens is 2. The summed E-state index contributed by atoms with van der Waals surface area (Å²) in [5.41, 5.74) is 2.42. The first-order valence-electron chi connectivity index (χ1n) is 11.3. The number of thiophene rings is 1. The minimum atomic E-state index is -2.41. The Morgan fingerprint density at radius 1 is 1.22 bits per heavy atom. The van der Waals surface area contributed by atoms with E-state index in [1.165, 1.54) is 28.0 Å². The van der Waals surface area contributed by atoms with E-state index in [9.17, 15) is 17.9 Å². The van der Waals surface area contributed by atoms with Crippen LogP contribution < -0.4 is 14.4 Å². The van der Waals surface area contributed by atoms with Gasteiger partial charge in [-0.25, -0.2) is 18.6 Å². The molecule has 1 unspecified atom stereocenters. The molecule has 2 aromatic carbocycles. The van der Waals surface area contributed by atoms with E-state index in [-0.39, 0.29) is 28.5 Å². The molecular weight excluding hydrogens is 539 g/mol. The molecule has 37 heavy (non-hydrogen) atoms. The van der Waals surface area contributed by atoms with Crippen LogP contribution in [0.15, 0.2) is 48.1 Å². The summed E-state index contributed by atoms with van der Waals surface area (Å²) in [7, 11) is 1.61. The van der Waals surface area contributed by atoms with Gasteiger partial charge in [0.1, 0.15) is 17.9 Å². The van der Waals surface area contributed by atoms with Gasteiger partial charge in [-0.3, -0.25) is 13.7 Å². The molecule has 2 aromatic heterocycles. The van der Waals surface area contributed by atoms with Crippen LogP contribution in [0.25, 0.3) is 10.2 Å². The number of nitrogens with zero attached hydrogens (tertiary/aromatic N) is 3. The van der Waals surface area contributed by atoms with Crippen LogP contribution in [-0.2, 0) is 17.7 Å². The van der Waals surface area contributed by atoms with Crippen LogP contribution in [-0.4, -0.2) is 38.3 Å². The molecule has 2 heterocycles. The van der Waals surface area contributed by atoms with Crippen LogP contribution >= 0.6 is 22.9 Å². The quantitative estimate of drug-likeness (QED) is 0.181. The molecule has 2 N–H and O–H groups in total. The van der Waals surface area contributed by atoms with E-state index in [2.05, 4.69) is 15.3 Å². The summed E-state index contributed by atoms with van der Waals surface area (Å²) in [6.45, 7) is 2.01. The summed E-state index contributed by atoms with van der Waals surface area (Å²) >= 11 is 5.36. The number of unbranched alkanes of at least 4 members (excludes halogenated alkanes) is 1. The Morgan fingerprint density at radius 3 is 2.68 bits per heavy atom. The summed E-state index contributed by atoms with van der Waals surface area (Å²) in [6, 6.07) is 10.1. The highest BCUT2D eigenvalue weighted by Crippen LogP contribution is 2.37. The number of methoxy groups -OCH3 is 1. The number of fused-ring (bicyclic) bond motifs is 1. The fourth-order valence-corrected chi connectivity index (χ4v) is 5.73. The molecule has 0 bridgehead atoms. The lowest BCUT2D eigenvalue weighted by Gasteiger charge is -2.22. The standard InChI is InChI=1S/C25H24ClFN4O4S2/c1-15-24-22(29-14-28-15)18(13-36-24)25(32)30-23-19(27)10-11-20(21(23)26)31(37(33)34)12-4-3-5-16-6-8-17(35-2)9-7-16/h6-11,13-14H,3-5,12H2,1-2H3,(H,30,32)(H,33,34). The normalized spacial score (nSPS) is 11.9. The minimum Gasteiger partial charge on any atom is -0.497 e. The number of hydrogen-bond donors (Lipinski definition) is 2. The SMILES string of the molecule is COc1ccc(CCCCN(c2ccc(F)c(NC(=O)c3csc4c(C)ncnc34)c2Cl)S(=O)O)cc1. The van der Waals surface area contributed by atoms with Crippen molar-refractivity contribution in [2.45, 2.75) is 26.2 Å². The second kappa shape index (κ2) is 12.0. The summed E-state index contributed by atoms with van der Waals surface area (Å²) in [5.74, 6) is -0.593. The number of carbonyl (C=O) groups is 1. The van der Waals surface area contributed by atoms with Gasteiger partial charge >= 0.3 is 0 Å². The van der Waals surface area contributed by atoms with Gasteiger partial charge in [-0.2, -0.15) is 0 Å². The maximum absolute atomic E-state index is 14.7. The van der Waals surface area contributed by atoms with Crippen molar-refractivity contribution in [3.8, 4) is 5.75 Å². The highest BCUT2D eigenvalue weighted by molar-refractivity contribution is 7.80. The fourth-order valence-electron chi connectivity index (χ4n) is 3.82. The van der Waals surface area contributed by atoms with Crippen LogP contribution in [0, 0.1) is 12.7 Å². The lowest BCUT2D eigenvalue weighted by Crippen LogP contribution is -2.27. The molecule has 1 amide bonds. The van der Waals surface area contributed by atoms with Crippen molar-refractivity contribution in [3.63, 3.8) is 0 Å². The van der Waals surface area contributed by atoms with E-state index < -0.39 is 23.0 Å². The number of halogens is 2. The Hall–Kier alpha value is -3.12. The number of carbonyl (C=O) groups excluding carboxylic acids is 1. The van der Waals surface area contributed by atoms with Gasteiger partial charge in [0.2, 0.25) is 0 Å². The van der Waals surface area contributed by atoms with Gasteiger partial charge in [-0.05, 0) is 56.0 Å². The molecule has 8 nitrogen and oxygen atoms in total. The minimum absolute atomic E-state index is 0.136. The first kappa shape index (κ1) is 26.9. The molecule has 0 saturated carbocycles. The van der Waals surface area contributed by atoms with Crippen molar-refractivity contribution in [2.75, 3.05) is 23.3 Å². The molecule has 4 rings (SSSR count). The molecule has 0 aliphatic heterocycles. The van der Waals surface area contributed by atoms with Gasteiger partial charge in [0.25, 0.3) is 17.2 Å². The van der Waals surface area contributed by atoms with Gasteiger partial charge in [0, 0.05) is 11.9 Å². The largest absolute Gasteiger partial charge is 0.497 e. The van der Waals surface area contributed by atoms with Crippen molar-refractivity contribution >= 4 is 61.7 Å². The van der Waals surface area contributed by atoms with Crippen molar-refractivity contribution in [3.05, 3.63) is 75.8 Å². The van der Waals surface area contributed by atoms with E-state index in [0.29, 0.717) is 11.9 Å². The summed E-state index contributed by atoms with van der Waals surface area (Å²) in [5, 5.41) is 3.96. The van der Waals surface area contributed by atoms with Gasteiger partial charge in [0.15, 0.2) is 0 Å². The average Bonchev–Trinajstić information content (AvgIpc) is 3.33. The number of hydrogen-bond acceptors (Lipinski definition) is 6. The molecule has 4 aromatic rings. The van der Waals surface area contributed by atoms with Crippen LogP contribution in [0.5, 0.6) is 5.75 Å². The zero-order chi connectivity index (χ0) is 26.5. The molecule has 0 fully saturated rings. The van der Waals surface area contributed by atoms with Crippen molar-refractivity contribution in [2.24, 2.45) is 0 Å². The van der Waals surface area contributed by atoms with Gasteiger partial charge in [0.05, 0.1) is 45.0 Å². The maximum Gasteiger partial charge on any atom is 0.261 e.